The van der Waals surface area contributed by atoms with Gasteiger partial charge >= 0.3 is 6.18 Å². The first-order valence-corrected chi connectivity index (χ1v) is 4.38. The van der Waals surface area contributed by atoms with E-state index >= 15 is 0 Å². The highest BCUT2D eigenvalue weighted by Crippen LogP contribution is 2.38. The van der Waals surface area contributed by atoms with Crippen molar-refractivity contribution in [3.05, 3.63) is 18.0 Å². The maximum atomic E-state index is 12.5. The molecule has 1 heterocycles. The molecule has 2 unspecified atom stereocenters. The Kier molecular flexibility index (Phi) is 3.05. The number of aromatic amines is 1. The topological polar surface area (TPSA) is 74.9 Å². The van der Waals surface area contributed by atoms with Gasteiger partial charge in [0.25, 0.3) is 0 Å². The van der Waals surface area contributed by atoms with E-state index in [0.717, 1.165) is 0 Å². The van der Waals surface area contributed by atoms with E-state index in [1.165, 1.54) is 19.2 Å². The van der Waals surface area contributed by atoms with Crippen LogP contribution in [0.2, 0.25) is 0 Å². The molecular formula is C8H12F3N3O. The lowest BCUT2D eigenvalue weighted by atomic mass is 9.90. The van der Waals surface area contributed by atoms with E-state index in [9.17, 15) is 18.3 Å². The number of hydrogen-bond donors (Lipinski definition) is 3. The molecule has 0 saturated carbocycles. The molecule has 0 amide bonds. The van der Waals surface area contributed by atoms with Crippen molar-refractivity contribution in [2.24, 2.45) is 11.7 Å². The molecule has 0 fully saturated rings. The van der Waals surface area contributed by atoms with Gasteiger partial charge in [0.15, 0.2) is 5.72 Å². The second kappa shape index (κ2) is 3.82. The second-order valence-corrected chi connectivity index (χ2v) is 3.30. The molecule has 86 valence electrons. The summed E-state index contributed by atoms with van der Waals surface area (Å²) in [5.74, 6) is -2.02. The van der Waals surface area contributed by atoms with Crippen LogP contribution in [-0.2, 0) is 5.72 Å². The van der Waals surface area contributed by atoms with Crippen LogP contribution in [0.25, 0.3) is 0 Å². The van der Waals surface area contributed by atoms with Gasteiger partial charge in [-0.1, -0.05) is 6.92 Å². The number of nitrogens with zero attached hydrogens (tertiary/aromatic N) is 1. The summed E-state index contributed by atoms with van der Waals surface area (Å²) in [6.45, 7) is 1.31. The highest BCUT2D eigenvalue weighted by Gasteiger charge is 2.51. The highest BCUT2D eigenvalue weighted by molar-refractivity contribution is 5.10. The summed E-state index contributed by atoms with van der Waals surface area (Å²) in [6.07, 6.45) is -3.63. The minimum absolute atomic E-state index is 0.147. The van der Waals surface area contributed by atoms with Gasteiger partial charge < -0.3 is 5.11 Å². The predicted molar refractivity (Wildman–Crippen MR) is 46.5 cm³/mol. The molecule has 0 aliphatic carbocycles. The van der Waals surface area contributed by atoms with E-state index in [4.69, 9.17) is 5.73 Å². The standard InChI is InChI=1S/C8H12F3N3O/c1-2-5(8(9,10)11)7(12,15)6-3-4-13-14-6/h3-5,15H,2,12H2,1H3,(H,13,14). The molecule has 2 atom stereocenters. The summed E-state index contributed by atoms with van der Waals surface area (Å²) in [5, 5.41) is 15.4. The van der Waals surface area contributed by atoms with Crippen molar-refractivity contribution in [1.29, 1.82) is 0 Å². The largest absolute Gasteiger partial charge is 0.396 e. The molecule has 0 saturated heterocycles. The van der Waals surface area contributed by atoms with Crippen LogP contribution < -0.4 is 5.73 Å². The maximum Gasteiger partial charge on any atom is 0.396 e. The Bertz CT molecular complexity index is 307. The minimum Gasteiger partial charge on any atom is -0.370 e. The number of nitrogens with two attached hydrogens (primary N) is 1. The number of alkyl halides is 3. The van der Waals surface area contributed by atoms with Gasteiger partial charge in [-0.25, -0.2) is 0 Å². The van der Waals surface area contributed by atoms with Crippen molar-refractivity contribution in [2.75, 3.05) is 0 Å². The summed E-state index contributed by atoms with van der Waals surface area (Å²) in [4.78, 5) is 0. The molecule has 1 aromatic rings. The fourth-order valence-electron chi connectivity index (χ4n) is 1.46. The number of hydrogen-bond acceptors (Lipinski definition) is 3. The Morgan fingerprint density at radius 3 is 2.53 bits per heavy atom. The first-order chi connectivity index (χ1) is 6.80. The van der Waals surface area contributed by atoms with E-state index in [2.05, 4.69) is 10.2 Å². The van der Waals surface area contributed by atoms with E-state index in [1.807, 2.05) is 0 Å². The lowest BCUT2D eigenvalue weighted by Crippen LogP contribution is -2.50. The number of H-pyrrole nitrogens is 1. The molecule has 0 aromatic carbocycles. The zero-order valence-corrected chi connectivity index (χ0v) is 8.04. The Morgan fingerprint density at radius 2 is 2.20 bits per heavy atom. The summed E-state index contributed by atoms with van der Waals surface area (Å²) in [7, 11) is 0. The van der Waals surface area contributed by atoms with Crippen LogP contribution in [-0.4, -0.2) is 21.5 Å². The summed E-state index contributed by atoms with van der Waals surface area (Å²) >= 11 is 0. The van der Waals surface area contributed by atoms with Gasteiger partial charge in [-0.15, -0.1) is 0 Å². The molecular weight excluding hydrogens is 211 g/mol. The fraction of sp³-hybridized carbons (Fsp3) is 0.625. The van der Waals surface area contributed by atoms with Crippen molar-refractivity contribution < 1.29 is 18.3 Å². The quantitative estimate of drug-likeness (QED) is 0.672. The molecule has 15 heavy (non-hydrogen) atoms. The van der Waals surface area contributed by atoms with E-state index < -0.39 is 17.8 Å². The summed E-state index contributed by atoms with van der Waals surface area (Å²) in [6, 6.07) is 1.22. The van der Waals surface area contributed by atoms with E-state index in [1.54, 1.807) is 0 Å². The van der Waals surface area contributed by atoms with E-state index in [0.29, 0.717) is 0 Å². The van der Waals surface area contributed by atoms with Gasteiger partial charge in [-0.3, -0.25) is 10.8 Å². The number of halogens is 3. The predicted octanol–water partition coefficient (Wildman–Crippen LogP) is 1.10. The van der Waals surface area contributed by atoms with E-state index in [-0.39, 0.29) is 12.1 Å². The summed E-state index contributed by atoms with van der Waals surface area (Å²) < 4.78 is 37.6. The van der Waals surface area contributed by atoms with Crippen LogP contribution in [0.15, 0.2) is 12.3 Å². The first-order valence-electron chi connectivity index (χ1n) is 4.38. The molecule has 1 rings (SSSR count). The lowest BCUT2D eigenvalue weighted by Gasteiger charge is -2.32. The Morgan fingerprint density at radius 1 is 1.60 bits per heavy atom. The van der Waals surface area contributed by atoms with Gasteiger partial charge in [-0.2, -0.15) is 18.3 Å². The monoisotopic (exact) mass is 223 g/mol. The van der Waals surface area contributed by atoms with Crippen LogP contribution in [0, 0.1) is 5.92 Å². The number of aromatic nitrogens is 2. The van der Waals surface area contributed by atoms with Gasteiger partial charge in [0.1, 0.15) is 5.92 Å². The highest BCUT2D eigenvalue weighted by atomic mass is 19.4. The normalized spacial score (nSPS) is 18.5. The molecule has 0 bridgehead atoms. The third kappa shape index (κ3) is 2.29. The van der Waals surface area contributed by atoms with Crippen LogP contribution in [0.5, 0.6) is 0 Å². The SMILES string of the molecule is CCC(C(F)(F)F)C(N)(O)c1ccn[nH]1. The Hall–Kier alpha value is -1.08. The average Bonchev–Trinajstić information content (AvgIpc) is 2.52. The molecule has 0 spiro atoms. The zero-order valence-electron chi connectivity index (χ0n) is 8.04. The smallest absolute Gasteiger partial charge is 0.370 e. The number of rotatable bonds is 3. The van der Waals surface area contributed by atoms with Crippen molar-refractivity contribution in [2.45, 2.75) is 25.2 Å². The fourth-order valence-corrected chi connectivity index (χ4v) is 1.46. The van der Waals surface area contributed by atoms with Crippen LogP contribution >= 0.6 is 0 Å². The van der Waals surface area contributed by atoms with Crippen molar-refractivity contribution in [1.82, 2.24) is 10.2 Å². The molecule has 4 N–H and O–H groups in total. The van der Waals surface area contributed by atoms with Crippen molar-refractivity contribution in [3.8, 4) is 0 Å². The van der Waals surface area contributed by atoms with Gasteiger partial charge in [-0.05, 0) is 12.5 Å². The van der Waals surface area contributed by atoms with Gasteiger partial charge in [0, 0.05) is 6.20 Å². The zero-order chi connectivity index (χ0) is 11.7. The number of nitrogens with one attached hydrogen (secondary N) is 1. The molecule has 0 radical (unpaired) electrons. The van der Waals surface area contributed by atoms with Gasteiger partial charge in [0.2, 0.25) is 0 Å². The summed E-state index contributed by atoms with van der Waals surface area (Å²) in [5.41, 5.74) is 2.67. The Balaban J connectivity index is 3.03. The molecule has 0 aliphatic heterocycles. The van der Waals surface area contributed by atoms with Crippen molar-refractivity contribution >= 4 is 0 Å². The maximum absolute atomic E-state index is 12.5. The molecule has 7 heteroatoms. The first kappa shape index (κ1) is 12.0. The molecule has 0 aliphatic rings. The second-order valence-electron chi connectivity index (χ2n) is 3.30. The van der Waals surface area contributed by atoms with Crippen molar-refractivity contribution in [3.63, 3.8) is 0 Å². The van der Waals surface area contributed by atoms with Crippen LogP contribution in [0.1, 0.15) is 19.0 Å². The minimum atomic E-state index is -4.55. The van der Waals surface area contributed by atoms with Crippen LogP contribution in [0.3, 0.4) is 0 Å². The third-order valence-electron chi connectivity index (χ3n) is 2.27. The molecule has 4 nitrogen and oxygen atoms in total. The Labute approximate surface area is 84.3 Å². The molecule has 1 aromatic heterocycles. The average molecular weight is 223 g/mol. The third-order valence-corrected chi connectivity index (χ3v) is 2.27. The van der Waals surface area contributed by atoms with Crippen LogP contribution in [0.4, 0.5) is 13.2 Å². The number of aliphatic hydroxyl groups is 1. The van der Waals surface area contributed by atoms with Gasteiger partial charge in [0.05, 0.1) is 5.69 Å². The lowest BCUT2D eigenvalue weighted by molar-refractivity contribution is -0.231.